The average Bonchev–Trinajstić information content (AvgIpc) is 2.56. The topological polar surface area (TPSA) is 48.0 Å². The maximum atomic E-state index is 11.4. The summed E-state index contributed by atoms with van der Waals surface area (Å²) in [6.45, 7) is 3.48. The highest BCUT2D eigenvalue weighted by Gasteiger charge is 2.12. The third-order valence-electron chi connectivity index (χ3n) is 2.57. The van der Waals surface area contributed by atoms with Gasteiger partial charge in [-0.05, 0) is 18.6 Å². The molecule has 0 bridgehead atoms. The second-order valence-corrected chi connectivity index (χ2v) is 3.78. The van der Waals surface area contributed by atoms with Crippen molar-refractivity contribution in [3.63, 3.8) is 0 Å². The van der Waals surface area contributed by atoms with Crippen molar-refractivity contribution in [2.24, 2.45) is 5.73 Å². The molecule has 2 aromatic rings. The molecule has 2 rings (SSSR count). The molecule has 0 aliphatic carbocycles. The Bertz CT molecular complexity index is 511. The van der Waals surface area contributed by atoms with Crippen molar-refractivity contribution >= 4 is 16.8 Å². The van der Waals surface area contributed by atoms with Crippen LogP contribution in [0, 0.1) is 0 Å². The van der Waals surface area contributed by atoms with Gasteiger partial charge in [-0.1, -0.05) is 18.2 Å². The summed E-state index contributed by atoms with van der Waals surface area (Å²) in [7, 11) is 0. The molecular formula is C12H14N2O. The number of nitrogens with zero attached hydrogens (tertiary/aromatic N) is 1. The first-order valence-electron chi connectivity index (χ1n) is 4.97. The van der Waals surface area contributed by atoms with Gasteiger partial charge in [-0.2, -0.15) is 0 Å². The van der Waals surface area contributed by atoms with Crippen molar-refractivity contribution in [1.29, 1.82) is 0 Å². The number of hydrogen-bond donors (Lipinski definition) is 1. The molecule has 1 aromatic heterocycles. The van der Waals surface area contributed by atoms with Gasteiger partial charge < -0.3 is 5.73 Å². The van der Waals surface area contributed by atoms with E-state index < -0.39 is 0 Å². The molecule has 0 saturated carbocycles. The quantitative estimate of drug-likeness (QED) is 0.771. The van der Waals surface area contributed by atoms with E-state index in [0.717, 1.165) is 16.5 Å². The molecule has 1 atom stereocenters. The smallest absolute Gasteiger partial charge is 0.227 e. The minimum absolute atomic E-state index is 0.0121. The van der Waals surface area contributed by atoms with E-state index >= 15 is 0 Å². The lowest BCUT2D eigenvalue weighted by molar-refractivity contribution is 0.0941. The lowest BCUT2D eigenvalue weighted by Gasteiger charge is -2.01. The Morgan fingerprint density at radius 1 is 1.40 bits per heavy atom. The van der Waals surface area contributed by atoms with Crippen LogP contribution in [0.3, 0.4) is 0 Å². The second-order valence-electron chi connectivity index (χ2n) is 3.78. The highest BCUT2D eigenvalue weighted by atomic mass is 16.1. The number of carbonyl (C=O) groups excluding carboxylic acids is 1. The van der Waals surface area contributed by atoms with Gasteiger partial charge in [-0.25, -0.2) is 0 Å². The minimum Gasteiger partial charge on any atom is -0.324 e. The second kappa shape index (κ2) is 3.51. The fourth-order valence-electron chi connectivity index (χ4n) is 1.83. The molecule has 0 saturated heterocycles. The number of rotatable bonds is 1. The maximum Gasteiger partial charge on any atom is 0.227 e. The van der Waals surface area contributed by atoms with Crippen LogP contribution in [0.4, 0.5) is 0 Å². The van der Waals surface area contributed by atoms with E-state index in [4.69, 9.17) is 5.73 Å². The van der Waals surface area contributed by atoms with Crippen LogP contribution in [-0.4, -0.2) is 10.5 Å². The lowest BCUT2D eigenvalue weighted by Crippen LogP contribution is -2.05. The fourth-order valence-corrected chi connectivity index (χ4v) is 1.83. The monoisotopic (exact) mass is 202 g/mol. The Labute approximate surface area is 88.5 Å². The normalized spacial score (nSPS) is 13.0. The molecule has 0 amide bonds. The van der Waals surface area contributed by atoms with Gasteiger partial charge in [0.2, 0.25) is 5.91 Å². The van der Waals surface area contributed by atoms with Gasteiger partial charge >= 0.3 is 0 Å². The predicted molar refractivity (Wildman–Crippen MR) is 60.8 cm³/mol. The molecule has 15 heavy (non-hydrogen) atoms. The highest BCUT2D eigenvalue weighted by molar-refractivity contribution is 5.93. The van der Waals surface area contributed by atoms with Gasteiger partial charge in [0.15, 0.2) is 0 Å². The molecule has 0 aliphatic rings. The third kappa shape index (κ3) is 1.55. The summed E-state index contributed by atoms with van der Waals surface area (Å²) < 4.78 is 1.65. The van der Waals surface area contributed by atoms with Crippen molar-refractivity contribution in [3.05, 3.63) is 36.0 Å². The van der Waals surface area contributed by atoms with E-state index in [9.17, 15) is 4.79 Å². The molecule has 1 heterocycles. The largest absolute Gasteiger partial charge is 0.324 e. The minimum atomic E-state index is -0.0597. The zero-order valence-corrected chi connectivity index (χ0v) is 8.90. The highest BCUT2D eigenvalue weighted by Crippen LogP contribution is 2.24. The van der Waals surface area contributed by atoms with E-state index in [-0.39, 0.29) is 11.9 Å². The van der Waals surface area contributed by atoms with E-state index in [2.05, 4.69) is 0 Å². The van der Waals surface area contributed by atoms with Crippen LogP contribution < -0.4 is 5.73 Å². The summed E-state index contributed by atoms with van der Waals surface area (Å²) in [4.78, 5) is 11.4. The predicted octanol–water partition coefficient (Wildman–Crippen LogP) is 2.32. The Morgan fingerprint density at radius 3 is 2.67 bits per heavy atom. The van der Waals surface area contributed by atoms with Crippen molar-refractivity contribution < 1.29 is 4.79 Å². The summed E-state index contributed by atoms with van der Waals surface area (Å²) in [6.07, 6.45) is 1.83. The van der Waals surface area contributed by atoms with E-state index in [0.29, 0.717) is 0 Å². The Morgan fingerprint density at radius 2 is 2.07 bits per heavy atom. The van der Waals surface area contributed by atoms with Crippen LogP contribution >= 0.6 is 0 Å². The molecule has 2 N–H and O–H groups in total. The fraction of sp³-hybridized carbons (Fsp3) is 0.250. The molecule has 0 unspecified atom stereocenters. The molecule has 3 nitrogen and oxygen atoms in total. The van der Waals surface area contributed by atoms with E-state index in [1.165, 1.54) is 0 Å². The SMILES string of the molecule is CC(=O)n1cc([C@@H](C)N)c2ccccc21. The Hall–Kier alpha value is -1.61. The molecule has 1 aromatic carbocycles. The molecule has 0 spiro atoms. The standard InChI is InChI=1S/C12H14N2O/c1-8(13)11-7-14(9(2)15)12-6-4-3-5-10(11)12/h3-8H,13H2,1-2H3/t8-/m1/s1. The van der Waals surface area contributed by atoms with Gasteiger partial charge in [-0.15, -0.1) is 0 Å². The zero-order chi connectivity index (χ0) is 11.0. The van der Waals surface area contributed by atoms with Crippen LogP contribution in [0.5, 0.6) is 0 Å². The van der Waals surface area contributed by atoms with Gasteiger partial charge in [-0.3, -0.25) is 9.36 Å². The zero-order valence-electron chi connectivity index (χ0n) is 8.90. The van der Waals surface area contributed by atoms with Crippen LogP contribution in [0.15, 0.2) is 30.5 Å². The van der Waals surface area contributed by atoms with Crippen molar-refractivity contribution in [1.82, 2.24) is 4.57 Å². The molecule has 0 fully saturated rings. The van der Waals surface area contributed by atoms with Crippen LogP contribution in [0.2, 0.25) is 0 Å². The third-order valence-corrected chi connectivity index (χ3v) is 2.57. The lowest BCUT2D eigenvalue weighted by atomic mass is 10.1. The number of para-hydroxylation sites is 1. The number of carbonyl (C=O) groups is 1. The van der Waals surface area contributed by atoms with Crippen LogP contribution in [0.25, 0.3) is 10.9 Å². The van der Waals surface area contributed by atoms with Crippen LogP contribution in [0.1, 0.15) is 30.2 Å². The van der Waals surface area contributed by atoms with Crippen LogP contribution in [-0.2, 0) is 0 Å². The van der Waals surface area contributed by atoms with E-state index in [1.54, 1.807) is 11.5 Å². The number of aromatic nitrogens is 1. The van der Waals surface area contributed by atoms with Gasteiger partial charge in [0, 0.05) is 24.5 Å². The van der Waals surface area contributed by atoms with Gasteiger partial charge in [0.05, 0.1) is 5.52 Å². The first kappa shape index (κ1) is 9.93. The Kier molecular flexibility index (Phi) is 2.32. The summed E-state index contributed by atoms with van der Waals surface area (Å²) >= 11 is 0. The number of nitrogens with two attached hydrogens (primary N) is 1. The van der Waals surface area contributed by atoms with Crippen molar-refractivity contribution in [2.75, 3.05) is 0 Å². The summed E-state index contributed by atoms with van der Waals surface area (Å²) in [6, 6.07) is 7.75. The number of benzene rings is 1. The Balaban J connectivity index is 2.79. The number of fused-ring (bicyclic) bond motifs is 1. The van der Waals surface area contributed by atoms with Gasteiger partial charge in [0.25, 0.3) is 0 Å². The summed E-state index contributed by atoms with van der Waals surface area (Å²) in [5.74, 6) is 0.0121. The van der Waals surface area contributed by atoms with Crippen molar-refractivity contribution in [3.8, 4) is 0 Å². The van der Waals surface area contributed by atoms with E-state index in [1.807, 2.05) is 37.4 Å². The first-order valence-corrected chi connectivity index (χ1v) is 4.97. The molecular weight excluding hydrogens is 188 g/mol. The number of hydrogen-bond acceptors (Lipinski definition) is 2. The molecule has 0 aliphatic heterocycles. The maximum absolute atomic E-state index is 11.4. The first-order chi connectivity index (χ1) is 7.11. The van der Waals surface area contributed by atoms with Gasteiger partial charge in [0.1, 0.15) is 0 Å². The average molecular weight is 202 g/mol. The van der Waals surface area contributed by atoms with Crippen molar-refractivity contribution in [2.45, 2.75) is 19.9 Å². The molecule has 78 valence electrons. The summed E-state index contributed by atoms with van der Waals surface area (Å²) in [5, 5.41) is 1.06. The summed E-state index contributed by atoms with van der Waals surface area (Å²) in [5.41, 5.74) is 7.81. The molecule has 3 heteroatoms. The molecule has 0 radical (unpaired) electrons.